The monoisotopic (exact) mass is 590 g/mol. The van der Waals surface area contributed by atoms with Crippen molar-refractivity contribution in [2.24, 2.45) is 23.7 Å². The van der Waals surface area contributed by atoms with Crippen molar-refractivity contribution in [2.75, 3.05) is 0 Å². The molecule has 2 bridgehead atoms. The molecule has 4 nitrogen and oxygen atoms in total. The summed E-state index contributed by atoms with van der Waals surface area (Å²) in [5, 5.41) is -1.43. The molecule has 3 aliphatic carbocycles. The van der Waals surface area contributed by atoms with Crippen LogP contribution in [0.3, 0.4) is 0 Å². The maximum absolute atomic E-state index is 13.4. The van der Waals surface area contributed by atoms with E-state index in [2.05, 4.69) is 22.6 Å². The SMILES string of the molecule is O=S1(=O)c2cc(I)cc(I)c2S(=O)(=O)C2C3CC(C4CCCC43)C21. The van der Waals surface area contributed by atoms with Gasteiger partial charge < -0.3 is 0 Å². The average Bonchev–Trinajstić information content (AvgIpc) is 3.15. The zero-order chi connectivity index (χ0) is 17.0. The van der Waals surface area contributed by atoms with Gasteiger partial charge in [-0.05, 0) is 100 Å². The van der Waals surface area contributed by atoms with E-state index in [0.29, 0.717) is 15.4 Å². The van der Waals surface area contributed by atoms with Crippen molar-refractivity contribution < 1.29 is 16.8 Å². The van der Waals surface area contributed by atoms with Gasteiger partial charge in [0.2, 0.25) is 0 Å². The molecule has 1 aromatic rings. The van der Waals surface area contributed by atoms with Crippen LogP contribution in [0.5, 0.6) is 0 Å². The average molecular weight is 590 g/mol. The quantitative estimate of drug-likeness (QED) is 0.436. The second-order valence-corrected chi connectivity index (χ2v) is 14.1. The Hall–Kier alpha value is 0.580. The van der Waals surface area contributed by atoms with Gasteiger partial charge >= 0.3 is 0 Å². The molecule has 3 saturated carbocycles. The van der Waals surface area contributed by atoms with Crippen molar-refractivity contribution in [3.63, 3.8) is 0 Å². The van der Waals surface area contributed by atoms with E-state index >= 15 is 0 Å². The first-order valence-electron chi connectivity index (χ1n) is 8.21. The molecule has 0 radical (unpaired) electrons. The maximum atomic E-state index is 13.4. The van der Waals surface area contributed by atoms with Gasteiger partial charge in [-0.25, -0.2) is 16.8 Å². The molecule has 0 amide bonds. The number of sulfone groups is 2. The van der Waals surface area contributed by atoms with Crippen molar-refractivity contribution in [2.45, 2.75) is 46.0 Å². The summed E-state index contributed by atoms with van der Waals surface area (Å²) in [5.74, 6) is 0.917. The molecule has 24 heavy (non-hydrogen) atoms. The summed E-state index contributed by atoms with van der Waals surface area (Å²) in [7, 11) is -7.19. The lowest BCUT2D eigenvalue weighted by atomic mass is 9.81. The van der Waals surface area contributed by atoms with Crippen molar-refractivity contribution >= 4 is 64.9 Å². The lowest BCUT2D eigenvalue weighted by molar-refractivity contribution is 0.260. The van der Waals surface area contributed by atoms with E-state index in [0.717, 1.165) is 29.3 Å². The van der Waals surface area contributed by atoms with Gasteiger partial charge in [-0.1, -0.05) is 6.42 Å². The molecule has 0 spiro atoms. The first-order valence-corrected chi connectivity index (χ1v) is 13.5. The second kappa shape index (κ2) is 5.09. The fraction of sp³-hybridized carbons (Fsp3) is 0.625. The normalized spacial score (nSPS) is 43.2. The van der Waals surface area contributed by atoms with Gasteiger partial charge in [-0.15, -0.1) is 0 Å². The molecule has 1 aromatic carbocycles. The Balaban J connectivity index is 1.82. The summed E-state index contributed by atoms with van der Waals surface area (Å²) in [4.78, 5) is 0.133. The Morgan fingerprint density at radius 3 is 2.04 bits per heavy atom. The molecule has 3 fully saturated rings. The zero-order valence-corrected chi connectivity index (χ0v) is 18.6. The van der Waals surface area contributed by atoms with E-state index in [4.69, 9.17) is 0 Å². The van der Waals surface area contributed by atoms with Gasteiger partial charge in [0, 0.05) is 7.14 Å². The van der Waals surface area contributed by atoms with E-state index in [9.17, 15) is 16.8 Å². The van der Waals surface area contributed by atoms with E-state index in [1.807, 2.05) is 22.6 Å². The molecule has 8 heteroatoms. The number of fused-ring (bicyclic) bond motifs is 9. The molecular formula is C16H16I2O4S2. The van der Waals surface area contributed by atoms with Gasteiger partial charge in [-0.2, -0.15) is 0 Å². The van der Waals surface area contributed by atoms with Crippen LogP contribution in [0.2, 0.25) is 0 Å². The Morgan fingerprint density at radius 2 is 1.42 bits per heavy atom. The predicted molar refractivity (Wildman–Crippen MR) is 106 cm³/mol. The van der Waals surface area contributed by atoms with Gasteiger partial charge in [0.15, 0.2) is 19.7 Å². The number of halogens is 2. The van der Waals surface area contributed by atoms with Crippen LogP contribution >= 0.6 is 45.2 Å². The van der Waals surface area contributed by atoms with Crippen molar-refractivity contribution in [1.82, 2.24) is 0 Å². The fourth-order valence-corrected chi connectivity index (χ4v) is 15.4. The Morgan fingerprint density at radius 1 is 0.833 bits per heavy atom. The van der Waals surface area contributed by atoms with Gasteiger partial charge in [0.05, 0.1) is 20.3 Å². The minimum atomic E-state index is -3.60. The minimum Gasteiger partial charge on any atom is -0.223 e. The highest BCUT2D eigenvalue weighted by Gasteiger charge is 2.68. The molecule has 4 aliphatic rings. The van der Waals surface area contributed by atoms with E-state index in [1.54, 1.807) is 12.1 Å². The van der Waals surface area contributed by atoms with Crippen molar-refractivity contribution in [3.8, 4) is 0 Å². The third-order valence-electron chi connectivity index (χ3n) is 6.72. The summed E-state index contributed by atoms with van der Waals surface area (Å²) in [6.07, 6.45) is 4.04. The summed E-state index contributed by atoms with van der Waals surface area (Å²) in [6.45, 7) is 0. The number of rotatable bonds is 0. The van der Waals surface area contributed by atoms with Crippen LogP contribution in [0.15, 0.2) is 21.9 Å². The van der Waals surface area contributed by atoms with Crippen LogP contribution in [-0.2, 0) is 19.7 Å². The first-order chi connectivity index (χ1) is 11.2. The van der Waals surface area contributed by atoms with Crippen LogP contribution in [0.4, 0.5) is 0 Å². The number of hydrogen-bond donors (Lipinski definition) is 0. The molecule has 130 valence electrons. The lowest BCUT2D eigenvalue weighted by Crippen LogP contribution is -2.52. The van der Waals surface area contributed by atoms with Crippen LogP contribution in [0.25, 0.3) is 0 Å². The number of benzene rings is 1. The Bertz CT molecular complexity index is 970. The van der Waals surface area contributed by atoms with E-state index < -0.39 is 30.2 Å². The number of hydrogen-bond acceptors (Lipinski definition) is 4. The van der Waals surface area contributed by atoms with Crippen LogP contribution in [0.1, 0.15) is 25.7 Å². The summed E-state index contributed by atoms with van der Waals surface area (Å²) < 4.78 is 54.9. The molecule has 6 unspecified atom stereocenters. The van der Waals surface area contributed by atoms with Crippen molar-refractivity contribution in [1.29, 1.82) is 0 Å². The molecule has 0 N–H and O–H groups in total. The smallest absolute Gasteiger partial charge is 0.185 e. The van der Waals surface area contributed by atoms with Gasteiger partial charge in [-0.3, -0.25) is 0 Å². The molecule has 1 heterocycles. The van der Waals surface area contributed by atoms with E-state index in [-0.39, 0.29) is 21.6 Å². The van der Waals surface area contributed by atoms with E-state index in [1.165, 1.54) is 0 Å². The largest absolute Gasteiger partial charge is 0.223 e. The first kappa shape index (κ1) is 16.7. The highest BCUT2D eigenvalue weighted by atomic mass is 127. The second-order valence-electron chi connectivity index (χ2n) is 7.56. The lowest BCUT2D eigenvalue weighted by Gasteiger charge is -2.40. The molecule has 0 saturated heterocycles. The van der Waals surface area contributed by atoms with Crippen LogP contribution in [-0.4, -0.2) is 27.3 Å². The standard InChI is InChI=1S/C16H16I2O4S2/c17-7-4-12(18)16-13(5-7)23(19,20)14-10-6-11(15(14)24(16,21)22)9-3-1-2-8(9)10/h4-5,8-11,14-15H,1-3,6H2. The van der Waals surface area contributed by atoms with Gasteiger partial charge in [0.25, 0.3) is 0 Å². The third kappa shape index (κ3) is 1.89. The molecule has 1 aliphatic heterocycles. The van der Waals surface area contributed by atoms with Crippen molar-refractivity contribution in [3.05, 3.63) is 19.3 Å². The highest BCUT2D eigenvalue weighted by Crippen LogP contribution is 2.64. The Kier molecular flexibility index (Phi) is 3.55. The fourth-order valence-electron chi connectivity index (χ4n) is 6.11. The highest BCUT2D eigenvalue weighted by molar-refractivity contribution is 14.1. The molecule has 5 rings (SSSR count). The molecule has 6 atom stereocenters. The summed E-state index contributed by atoms with van der Waals surface area (Å²) in [5.41, 5.74) is 0. The molecular weight excluding hydrogens is 574 g/mol. The van der Waals surface area contributed by atoms with Crippen LogP contribution < -0.4 is 0 Å². The third-order valence-corrected chi connectivity index (χ3v) is 13.5. The topological polar surface area (TPSA) is 68.3 Å². The maximum Gasteiger partial charge on any atom is 0.185 e. The van der Waals surface area contributed by atoms with Gasteiger partial charge in [0.1, 0.15) is 0 Å². The predicted octanol–water partition coefficient (Wildman–Crippen LogP) is 3.26. The summed E-state index contributed by atoms with van der Waals surface area (Å²) in [6, 6.07) is 3.32. The summed E-state index contributed by atoms with van der Waals surface area (Å²) >= 11 is 4.04. The van der Waals surface area contributed by atoms with Crippen LogP contribution in [0, 0.1) is 30.8 Å². The minimum absolute atomic E-state index is 0.0375. The zero-order valence-electron chi connectivity index (χ0n) is 12.7. The molecule has 0 aromatic heterocycles. The Labute approximate surface area is 169 Å².